The first-order valence-electron chi connectivity index (χ1n) is 9.97. The fourth-order valence-corrected chi connectivity index (χ4v) is 3.95. The number of carboxylic acids is 1. The molecule has 31 heavy (non-hydrogen) atoms. The van der Waals surface area contributed by atoms with Crippen molar-refractivity contribution in [2.45, 2.75) is 26.6 Å². The molecule has 0 aliphatic rings. The van der Waals surface area contributed by atoms with Gasteiger partial charge in [-0.3, -0.25) is 0 Å². The Hall–Kier alpha value is -3.15. The second-order valence-electron chi connectivity index (χ2n) is 7.60. The summed E-state index contributed by atoms with van der Waals surface area (Å²) in [5.41, 5.74) is 4.77. The fourth-order valence-electron chi connectivity index (χ4n) is 3.83. The van der Waals surface area contributed by atoms with Crippen LogP contribution < -0.4 is 5.32 Å². The summed E-state index contributed by atoms with van der Waals surface area (Å²) in [6.07, 6.45) is 0. The Morgan fingerprint density at radius 1 is 1.00 bits per heavy atom. The van der Waals surface area contributed by atoms with E-state index in [2.05, 4.69) is 5.32 Å². The van der Waals surface area contributed by atoms with Gasteiger partial charge in [0.2, 0.25) is 0 Å². The SMILES string of the molecule is Cc1ccc2c(CNCc3ccc(Cl)cc3)c(C(=O)O)n(Cc3ccc(F)cc3)c2c1. The van der Waals surface area contributed by atoms with Crippen molar-refractivity contribution < 1.29 is 14.3 Å². The smallest absolute Gasteiger partial charge is 0.352 e. The molecular weight excluding hydrogens is 415 g/mol. The Labute approximate surface area is 184 Å². The monoisotopic (exact) mass is 436 g/mol. The quantitative estimate of drug-likeness (QED) is 0.386. The first-order valence-corrected chi connectivity index (χ1v) is 10.3. The highest BCUT2D eigenvalue weighted by atomic mass is 35.5. The number of rotatable bonds is 7. The average molecular weight is 437 g/mol. The van der Waals surface area contributed by atoms with Crippen LogP contribution in [0.1, 0.15) is 32.7 Å². The number of aryl methyl sites for hydroxylation is 1. The minimum Gasteiger partial charge on any atom is -0.477 e. The van der Waals surface area contributed by atoms with E-state index in [1.807, 2.05) is 49.4 Å². The third kappa shape index (κ3) is 4.63. The molecule has 0 radical (unpaired) electrons. The number of nitrogens with zero attached hydrogens (tertiary/aromatic N) is 1. The van der Waals surface area contributed by atoms with E-state index in [4.69, 9.17) is 11.6 Å². The second kappa shape index (κ2) is 8.92. The van der Waals surface area contributed by atoms with Crippen LogP contribution >= 0.6 is 11.6 Å². The molecule has 4 aromatic rings. The van der Waals surface area contributed by atoms with Gasteiger partial charge in [-0.1, -0.05) is 48.0 Å². The van der Waals surface area contributed by atoms with Gasteiger partial charge in [0.1, 0.15) is 11.5 Å². The maximum Gasteiger partial charge on any atom is 0.352 e. The number of benzene rings is 3. The van der Waals surface area contributed by atoms with Crippen LogP contribution in [0.3, 0.4) is 0 Å². The average Bonchev–Trinajstić information content (AvgIpc) is 3.04. The summed E-state index contributed by atoms with van der Waals surface area (Å²) in [4.78, 5) is 12.3. The minimum atomic E-state index is -0.987. The summed E-state index contributed by atoms with van der Waals surface area (Å²) < 4.78 is 15.1. The lowest BCUT2D eigenvalue weighted by Crippen LogP contribution is -2.17. The predicted octanol–water partition coefficient (Wildman–Crippen LogP) is 5.78. The van der Waals surface area contributed by atoms with Crippen LogP contribution in [0.2, 0.25) is 5.02 Å². The number of nitrogens with one attached hydrogen (secondary N) is 1. The van der Waals surface area contributed by atoms with Gasteiger partial charge in [0.05, 0.1) is 0 Å². The van der Waals surface area contributed by atoms with Gasteiger partial charge in [-0.05, 0) is 53.9 Å². The Balaban J connectivity index is 1.71. The highest BCUT2D eigenvalue weighted by molar-refractivity contribution is 6.30. The molecule has 0 aliphatic carbocycles. The molecule has 0 fully saturated rings. The number of aromatic carboxylic acids is 1. The Morgan fingerprint density at radius 3 is 2.35 bits per heavy atom. The number of hydrogen-bond acceptors (Lipinski definition) is 2. The molecule has 0 saturated heterocycles. The van der Waals surface area contributed by atoms with E-state index >= 15 is 0 Å². The van der Waals surface area contributed by atoms with E-state index < -0.39 is 5.97 Å². The fraction of sp³-hybridized carbons (Fsp3) is 0.160. The summed E-state index contributed by atoms with van der Waals surface area (Å²) in [5.74, 6) is -1.30. The molecule has 3 aromatic carbocycles. The summed E-state index contributed by atoms with van der Waals surface area (Å²) in [6.45, 7) is 3.32. The molecule has 4 nitrogen and oxygen atoms in total. The summed E-state index contributed by atoms with van der Waals surface area (Å²) in [5, 5.41) is 15.0. The van der Waals surface area contributed by atoms with Crippen molar-refractivity contribution in [1.29, 1.82) is 0 Å². The summed E-state index contributed by atoms with van der Waals surface area (Å²) >= 11 is 5.94. The molecule has 0 atom stereocenters. The largest absolute Gasteiger partial charge is 0.477 e. The summed E-state index contributed by atoms with van der Waals surface area (Å²) in [7, 11) is 0. The lowest BCUT2D eigenvalue weighted by molar-refractivity contribution is 0.0684. The van der Waals surface area contributed by atoms with Crippen molar-refractivity contribution in [3.63, 3.8) is 0 Å². The van der Waals surface area contributed by atoms with Crippen molar-refractivity contribution in [2.75, 3.05) is 0 Å². The lowest BCUT2D eigenvalue weighted by Gasteiger charge is -2.10. The first-order chi connectivity index (χ1) is 14.9. The van der Waals surface area contributed by atoms with Crippen molar-refractivity contribution >= 4 is 28.5 Å². The van der Waals surface area contributed by atoms with Gasteiger partial charge in [0.15, 0.2) is 0 Å². The maximum atomic E-state index is 13.3. The molecule has 1 heterocycles. The van der Waals surface area contributed by atoms with E-state index in [0.29, 0.717) is 24.7 Å². The van der Waals surface area contributed by atoms with Crippen molar-refractivity contribution in [2.24, 2.45) is 0 Å². The first kappa shape index (κ1) is 21.1. The van der Waals surface area contributed by atoms with Crippen LogP contribution in [0.25, 0.3) is 10.9 Å². The number of hydrogen-bond donors (Lipinski definition) is 2. The van der Waals surface area contributed by atoms with Crippen molar-refractivity contribution in [1.82, 2.24) is 9.88 Å². The van der Waals surface area contributed by atoms with Gasteiger partial charge in [-0.25, -0.2) is 9.18 Å². The minimum absolute atomic E-state index is 0.244. The third-order valence-corrected chi connectivity index (χ3v) is 5.58. The van der Waals surface area contributed by atoms with Gasteiger partial charge in [-0.2, -0.15) is 0 Å². The molecule has 2 N–H and O–H groups in total. The molecule has 0 aliphatic heterocycles. The van der Waals surface area contributed by atoms with Gasteiger partial charge >= 0.3 is 5.97 Å². The number of fused-ring (bicyclic) bond motifs is 1. The number of halogens is 2. The van der Waals surface area contributed by atoms with Crippen LogP contribution in [-0.4, -0.2) is 15.6 Å². The second-order valence-corrected chi connectivity index (χ2v) is 8.03. The molecular formula is C25H22ClFN2O2. The zero-order valence-electron chi connectivity index (χ0n) is 17.0. The van der Waals surface area contributed by atoms with Gasteiger partial charge in [-0.15, -0.1) is 0 Å². The van der Waals surface area contributed by atoms with Crippen molar-refractivity contribution in [3.8, 4) is 0 Å². The van der Waals surface area contributed by atoms with Gasteiger partial charge in [0, 0.05) is 41.1 Å². The highest BCUT2D eigenvalue weighted by Gasteiger charge is 2.22. The Kier molecular flexibility index (Phi) is 6.07. The van der Waals surface area contributed by atoms with Crippen molar-refractivity contribution in [3.05, 3.63) is 106 Å². The van der Waals surface area contributed by atoms with Crippen LogP contribution in [0.15, 0.2) is 66.7 Å². The highest BCUT2D eigenvalue weighted by Crippen LogP contribution is 2.29. The molecule has 0 saturated carbocycles. The van der Waals surface area contributed by atoms with E-state index in [1.165, 1.54) is 12.1 Å². The summed E-state index contributed by atoms with van der Waals surface area (Å²) in [6, 6.07) is 19.6. The van der Waals surface area contributed by atoms with Crippen LogP contribution in [-0.2, 0) is 19.6 Å². The van der Waals surface area contributed by atoms with Crippen LogP contribution in [0.4, 0.5) is 4.39 Å². The Morgan fingerprint density at radius 2 is 1.68 bits per heavy atom. The van der Waals surface area contributed by atoms with Crippen LogP contribution in [0, 0.1) is 12.7 Å². The molecule has 0 spiro atoms. The van der Waals surface area contributed by atoms with E-state index in [-0.39, 0.29) is 11.5 Å². The zero-order valence-corrected chi connectivity index (χ0v) is 17.8. The number of aromatic nitrogens is 1. The maximum absolute atomic E-state index is 13.3. The molecule has 0 bridgehead atoms. The van der Waals surface area contributed by atoms with E-state index in [9.17, 15) is 14.3 Å². The zero-order chi connectivity index (χ0) is 22.0. The normalized spacial score (nSPS) is 11.2. The molecule has 0 unspecified atom stereocenters. The van der Waals surface area contributed by atoms with Crippen LogP contribution in [0.5, 0.6) is 0 Å². The standard InChI is InChI=1S/C25H22ClFN2O2/c1-16-2-11-21-22(14-28-13-17-3-7-19(26)8-4-17)24(25(30)31)29(23(21)12-16)15-18-5-9-20(27)10-6-18/h2-12,28H,13-15H2,1H3,(H,30,31). The number of carboxylic acid groups (broad SMARTS) is 1. The van der Waals surface area contributed by atoms with Gasteiger partial charge < -0.3 is 15.0 Å². The van der Waals surface area contributed by atoms with E-state index in [0.717, 1.165) is 33.2 Å². The van der Waals surface area contributed by atoms with E-state index in [1.54, 1.807) is 16.7 Å². The number of carbonyl (C=O) groups is 1. The topological polar surface area (TPSA) is 54.3 Å². The molecule has 1 aromatic heterocycles. The molecule has 6 heteroatoms. The third-order valence-electron chi connectivity index (χ3n) is 5.33. The van der Waals surface area contributed by atoms with Gasteiger partial charge in [0.25, 0.3) is 0 Å². The molecule has 4 rings (SSSR count). The lowest BCUT2D eigenvalue weighted by atomic mass is 10.1. The Bertz CT molecular complexity index is 1230. The molecule has 0 amide bonds. The molecule has 158 valence electrons. The predicted molar refractivity (Wildman–Crippen MR) is 121 cm³/mol.